The van der Waals surface area contributed by atoms with Gasteiger partial charge in [0, 0.05) is 24.8 Å². The molecule has 1 atom stereocenters. The third-order valence-corrected chi connectivity index (χ3v) is 5.99. The number of anilines is 1. The molecular weight excluding hydrogens is 443 g/mol. The average Bonchev–Trinajstić information content (AvgIpc) is 3.45. The van der Waals surface area contributed by atoms with Crippen LogP contribution in [-0.2, 0) is 6.54 Å². The van der Waals surface area contributed by atoms with Gasteiger partial charge in [-0.2, -0.15) is 0 Å². The molecule has 1 aliphatic rings. The maximum absolute atomic E-state index is 13.3. The molecule has 0 radical (unpaired) electrons. The van der Waals surface area contributed by atoms with E-state index in [-0.39, 0.29) is 35.1 Å². The highest BCUT2D eigenvalue weighted by molar-refractivity contribution is 7.13. The van der Waals surface area contributed by atoms with Crippen molar-refractivity contribution in [2.75, 3.05) is 11.9 Å². The van der Waals surface area contributed by atoms with E-state index in [0.29, 0.717) is 18.0 Å². The summed E-state index contributed by atoms with van der Waals surface area (Å²) in [6, 6.07) is 8.26. The zero-order valence-electron chi connectivity index (χ0n) is 16.6. The van der Waals surface area contributed by atoms with Gasteiger partial charge in [0.2, 0.25) is 5.01 Å². The number of carbonyl (C=O) groups excluding carboxylic acids is 2. The summed E-state index contributed by atoms with van der Waals surface area (Å²) in [6.45, 7) is 0.774. The molecule has 166 valence electrons. The number of amides is 3. The first-order chi connectivity index (χ1) is 15.4. The Morgan fingerprint density at radius 3 is 2.59 bits per heavy atom. The van der Waals surface area contributed by atoms with Gasteiger partial charge in [-0.3, -0.25) is 4.79 Å². The lowest BCUT2D eigenvalue weighted by molar-refractivity contribution is 0.102. The van der Waals surface area contributed by atoms with Gasteiger partial charge in [0.25, 0.3) is 5.91 Å². The van der Waals surface area contributed by atoms with Crippen LogP contribution in [-0.4, -0.2) is 33.6 Å². The molecule has 1 unspecified atom stereocenters. The lowest BCUT2D eigenvalue weighted by atomic mass is 10.2. The topological polar surface area (TPSA) is 87.2 Å². The van der Waals surface area contributed by atoms with Crippen molar-refractivity contribution in [1.29, 1.82) is 0 Å². The fourth-order valence-corrected chi connectivity index (χ4v) is 4.25. The zero-order chi connectivity index (χ0) is 22.7. The number of hydrogen-bond acceptors (Lipinski definition) is 5. The second-order valence-corrected chi connectivity index (χ2v) is 8.17. The van der Waals surface area contributed by atoms with Crippen molar-refractivity contribution in [2.24, 2.45) is 0 Å². The van der Waals surface area contributed by atoms with Crippen LogP contribution in [0, 0.1) is 17.5 Å². The van der Waals surface area contributed by atoms with Gasteiger partial charge in [-0.05, 0) is 42.7 Å². The van der Waals surface area contributed by atoms with E-state index in [1.807, 2.05) is 0 Å². The van der Waals surface area contributed by atoms with Crippen molar-refractivity contribution in [3.63, 3.8) is 0 Å². The van der Waals surface area contributed by atoms with Crippen LogP contribution in [0.5, 0.6) is 0 Å². The number of urea groups is 1. The first-order valence-electron chi connectivity index (χ1n) is 9.79. The molecule has 1 fully saturated rings. The SMILES string of the molecule is O=C(Nc1ccc(F)c(F)c1)c1nnc(C2CCCN2C(=O)NCc2ccc(F)cc2)s1. The van der Waals surface area contributed by atoms with Crippen molar-refractivity contribution in [3.8, 4) is 0 Å². The van der Waals surface area contributed by atoms with Crippen LogP contribution in [0.3, 0.4) is 0 Å². The molecule has 2 aromatic carbocycles. The van der Waals surface area contributed by atoms with E-state index >= 15 is 0 Å². The number of carbonyl (C=O) groups is 2. The summed E-state index contributed by atoms with van der Waals surface area (Å²) < 4.78 is 39.4. The molecule has 0 aliphatic carbocycles. The summed E-state index contributed by atoms with van der Waals surface area (Å²) in [6.07, 6.45) is 1.44. The standard InChI is InChI=1S/C21H18F3N5O2S/c22-13-5-3-12(4-6-13)11-25-21(31)29-9-1-2-17(29)19-27-28-20(32-19)18(30)26-14-7-8-15(23)16(24)10-14/h3-8,10,17H,1-2,9,11H2,(H,25,31)(H,26,30). The Balaban J connectivity index is 1.39. The van der Waals surface area contributed by atoms with E-state index in [4.69, 9.17) is 0 Å². The Morgan fingerprint density at radius 2 is 1.84 bits per heavy atom. The molecule has 1 saturated heterocycles. The van der Waals surface area contributed by atoms with Crippen LogP contribution in [0.1, 0.15) is 39.3 Å². The van der Waals surface area contributed by atoms with Gasteiger partial charge in [0.15, 0.2) is 11.6 Å². The normalized spacial score (nSPS) is 15.6. The van der Waals surface area contributed by atoms with Gasteiger partial charge in [0.1, 0.15) is 10.8 Å². The van der Waals surface area contributed by atoms with Crippen molar-refractivity contribution in [3.05, 3.63) is 75.5 Å². The van der Waals surface area contributed by atoms with E-state index < -0.39 is 17.5 Å². The predicted molar refractivity (Wildman–Crippen MR) is 112 cm³/mol. The fraction of sp³-hybridized carbons (Fsp3) is 0.238. The Bertz CT molecular complexity index is 1140. The van der Waals surface area contributed by atoms with Crippen molar-refractivity contribution >= 4 is 29.0 Å². The highest BCUT2D eigenvalue weighted by Crippen LogP contribution is 2.33. The molecule has 0 saturated carbocycles. The fourth-order valence-electron chi connectivity index (χ4n) is 3.37. The highest BCUT2D eigenvalue weighted by Gasteiger charge is 2.33. The average molecular weight is 461 g/mol. The molecule has 11 heteroatoms. The minimum absolute atomic E-state index is 0.0447. The molecule has 1 aromatic heterocycles. The Labute approximate surface area is 185 Å². The van der Waals surface area contributed by atoms with Gasteiger partial charge < -0.3 is 15.5 Å². The van der Waals surface area contributed by atoms with Crippen LogP contribution in [0.25, 0.3) is 0 Å². The van der Waals surface area contributed by atoms with E-state index in [1.54, 1.807) is 17.0 Å². The van der Waals surface area contributed by atoms with E-state index in [9.17, 15) is 22.8 Å². The highest BCUT2D eigenvalue weighted by atomic mass is 32.1. The molecule has 32 heavy (non-hydrogen) atoms. The minimum Gasteiger partial charge on any atom is -0.334 e. The largest absolute Gasteiger partial charge is 0.334 e. The Hall–Kier alpha value is -3.47. The van der Waals surface area contributed by atoms with Crippen LogP contribution in [0.2, 0.25) is 0 Å². The second-order valence-electron chi connectivity index (χ2n) is 7.17. The molecule has 0 bridgehead atoms. The van der Waals surface area contributed by atoms with Crippen LogP contribution >= 0.6 is 11.3 Å². The maximum Gasteiger partial charge on any atom is 0.318 e. The van der Waals surface area contributed by atoms with E-state index in [2.05, 4.69) is 20.8 Å². The number of nitrogens with one attached hydrogen (secondary N) is 2. The van der Waals surface area contributed by atoms with E-state index in [0.717, 1.165) is 35.5 Å². The number of rotatable bonds is 5. The third kappa shape index (κ3) is 4.88. The van der Waals surface area contributed by atoms with Gasteiger partial charge in [-0.25, -0.2) is 18.0 Å². The monoisotopic (exact) mass is 461 g/mol. The van der Waals surface area contributed by atoms with Gasteiger partial charge in [0.05, 0.1) is 6.04 Å². The third-order valence-electron chi connectivity index (χ3n) is 4.97. The van der Waals surface area contributed by atoms with Gasteiger partial charge in [-0.15, -0.1) is 10.2 Å². The first kappa shape index (κ1) is 21.8. The zero-order valence-corrected chi connectivity index (χ0v) is 17.5. The second kappa shape index (κ2) is 9.35. The molecule has 7 nitrogen and oxygen atoms in total. The molecule has 3 amide bonds. The Morgan fingerprint density at radius 1 is 1.06 bits per heavy atom. The number of nitrogens with zero attached hydrogens (tertiary/aromatic N) is 3. The van der Waals surface area contributed by atoms with Crippen LogP contribution in [0.4, 0.5) is 23.7 Å². The molecule has 2 N–H and O–H groups in total. The molecule has 1 aliphatic heterocycles. The van der Waals surface area contributed by atoms with Gasteiger partial charge in [-0.1, -0.05) is 23.5 Å². The van der Waals surface area contributed by atoms with E-state index in [1.165, 1.54) is 18.2 Å². The number of likely N-dealkylation sites (tertiary alicyclic amines) is 1. The summed E-state index contributed by atoms with van der Waals surface area (Å²) in [5.41, 5.74) is 0.857. The van der Waals surface area contributed by atoms with Crippen molar-refractivity contribution in [2.45, 2.75) is 25.4 Å². The lowest BCUT2D eigenvalue weighted by Gasteiger charge is -2.23. The lowest BCUT2D eigenvalue weighted by Crippen LogP contribution is -2.39. The summed E-state index contributed by atoms with van der Waals surface area (Å²) in [7, 11) is 0. The quantitative estimate of drug-likeness (QED) is 0.595. The van der Waals surface area contributed by atoms with Crippen LogP contribution in [0.15, 0.2) is 42.5 Å². The number of aromatic nitrogens is 2. The smallest absolute Gasteiger partial charge is 0.318 e. The Kier molecular flexibility index (Phi) is 6.35. The minimum atomic E-state index is -1.08. The van der Waals surface area contributed by atoms with Crippen LogP contribution < -0.4 is 10.6 Å². The molecule has 0 spiro atoms. The molecular formula is C21H18F3N5O2S. The van der Waals surface area contributed by atoms with Crippen molar-refractivity contribution in [1.82, 2.24) is 20.4 Å². The number of benzene rings is 2. The molecule has 3 aromatic rings. The summed E-state index contributed by atoms with van der Waals surface area (Å²) >= 11 is 1.04. The molecule has 2 heterocycles. The summed E-state index contributed by atoms with van der Waals surface area (Å²) in [5.74, 6) is -3.04. The summed E-state index contributed by atoms with van der Waals surface area (Å²) in [5, 5.41) is 13.8. The number of hydrogen-bond donors (Lipinski definition) is 2. The predicted octanol–water partition coefficient (Wildman–Crippen LogP) is 4.25. The summed E-state index contributed by atoms with van der Waals surface area (Å²) in [4.78, 5) is 26.7. The first-order valence-corrected chi connectivity index (χ1v) is 10.6. The van der Waals surface area contributed by atoms with Gasteiger partial charge >= 0.3 is 6.03 Å². The number of halogens is 3. The van der Waals surface area contributed by atoms with Crippen molar-refractivity contribution < 1.29 is 22.8 Å². The maximum atomic E-state index is 13.3. The molecule has 4 rings (SSSR count).